The molecule has 0 saturated heterocycles. The van der Waals surface area contributed by atoms with Crippen molar-refractivity contribution >= 4 is 17.3 Å². The van der Waals surface area contributed by atoms with E-state index in [0.717, 1.165) is 12.1 Å². The maximum atomic E-state index is 13.4. The van der Waals surface area contributed by atoms with Crippen molar-refractivity contribution in [3.63, 3.8) is 0 Å². The zero-order chi connectivity index (χ0) is 15.4. The molecule has 1 heterocycles. The average molecular weight is 293 g/mol. The molecule has 0 spiro atoms. The van der Waals surface area contributed by atoms with E-state index < -0.39 is 22.4 Å². The topological polar surface area (TPSA) is 97.3 Å². The number of carbonyl (C=O) groups is 1. The Balaban J connectivity index is 2.03. The Kier molecular flexibility index (Phi) is 4.17. The van der Waals surface area contributed by atoms with E-state index in [1.54, 1.807) is 12.1 Å². The molecule has 2 rings (SSSR count). The van der Waals surface area contributed by atoms with Crippen molar-refractivity contribution in [3.8, 4) is 0 Å². The minimum Gasteiger partial charge on any atom is -0.464 e. The van der Waals surface area contributed by atoms with Crippen molar-refractivity contribution in [1.82, 2.24) is 4.98 Å². The summed E-state index contributed by atoms with van der Waals surface area (Å²) in [6.07, 6.45) is 0. The molecule has 0 fully saturated rings. The Labute approximate surface area is 118 Å². The SMILES string of the molecule is COC(=O)c1ccc(CNc2ccc([N+](=O)[O-])c(F)c2)[nH]1. The van der Waals surface area contributed by atoms with Gasteiger partial charge in [0.15, 0.2) is 0 Å². The Morgan fingerprint density at radius 3 is 2.81 bits per heavy atom. The first-order valence-electron chi connectivity index (χ1n) is 5.95. The molecule has 2 N–H and O–H groups in total. The van der Waals surface area contributed by atoms with E-state index in [0.29, 0.717) is 23.6 Å². The number of nitrogens with one attached hydrogen (secondary N) is 2. The number of hydrogen-bond acceptors (Lipinski definition) is 5. The lowest BCUT2D eigenvalue weighted by molar-refractivity contribution is -0.387. The molecule has 0 aliphatic heterocycles. The molecule has 0 atom stereocenters. The van der Waals surface area contributed by atoms with Gasteiger partial charge in [-0.05, 0) is 18.2 Å². The Hall–Kier alpha value is -2.90. The van der Waals surface area contributed by atoms with Crippen molar-refractivity contribution in [3.05, 3.63) is 57.7 Å². The molecule has 8 heteroatoms. The number of esters is 1. The second-order valence-corrected chi connectivity index (χ2v) is 4.17. The molecule has 1 aromatic heterocycles. The number of H-pyrrole nitrogens is 1. The van der Waals surface area contributed by atoms with Crippen LogP contribution in [0.1, 0.15) is 16.2 Å². The molecule has 7 nitrogen and oxygen atoms in total. The summed E-state index contributed by atoms with van der Waals surface area (Å²) in [4.78, 5) is 23.8. The minimum atomic E-state index is -0.910. The summed E-state index contributed by atoms with van der Waals surface area (Å²) >= 11 is 0. The van der Waals surface area contributed by atoms with Crippen LogP contribution in [0.15, 0.2) is 30.3 Å². The molecule has 0 bridgehead atoms. The average Bonchev–Trinajstić information content (AvgIpc) is 2.92. The highest BCUT2D eigenvalue weighted by Crippen LogP contribution is 2.21. The lowest BCUT2D eigenvalue weighted by Crippen LogP contribution is -2.04. The standard InChI is InChI=1S/C13H12FN3O4/c1-21-13(18)11-4-2-9(16-11)7-15-8-3-5-12(17(19)20)10(14)6-8/h2-6,15-16H,7H2,1H3. The number of anilines is 1. The number of rotatable bonds is 5. The van der Waals surface area contributed by atoms with Crippen LogP contribution < -0.4 is 5.32 Å². The quantitative estimate of drug-likeness (QED) is 0.501. The van der Waals surface area contributed by atoms with Gasteiger partial charge in [0.2, 0.25) is 5.82 Å². The van der Waals surface area contributed by atoms with Crippen LogP contribution in [0.3, 0.4) is 0 Å². The van der Waals surface area contributed by atoms with E-state index in [2.05, 4.69) is 15.0 Å². The molecular formula is C13H12FN3O4. The number of aromatic nitrogens is 1. The van der Waals surface area contributed by atoms with Crippen molar-refractivity contribution in [2.45, 2.75) is 6.54 Å². The predicted octanol–water partition coefficient (Wildman–Crippen LogP) is 2.46. The zero-order valence-corrected chi connectivity index (χ0v) is 11.1. The number of hydrogen-bond donors (Lipinski definition) is 2. The number of methoxy groups -OCH3 is 1. The zero-order valence-electron chi connectivity index (χ0n) is 11.1. The van der Waals surface area contributed by atoms with Crippen molar-refractivity contribution < 1.29 is 18.8 Å². The number of nitro benzene ring substituents is 1. The molecule has 1 aromatic carbocycles. The highest BCUT2D eigenvalue weighted by molar-refractivity contribution is 5.87. The molecule has 0 saturated carbocycles. The predicted molar refractivity (Wildman–Crippen MR) is 72.5 cm³/mol. The van der Waals surface area contributed by atoms with Gasteiger partial charge in [0.25, 0.3) is 0 Å². The van der Waals surface area contributed by atoms with Gasteiger partial charge in [0, 0.05) is 23.5 Å². The van der Waals surface area contributed by atoms with Crippen LogP contribution in [0.25, 0.3) is 0 Å². The summed E-state index contributed by atoms with van der Waals surface area (Å²) in [5.74, 6) is -1.39. The number of nitro groups is 1. The molecule has 0 aliphatic rings. The highest BCUT2D eigenvalue weighted by Gasteiger charge is 2.13. The van der Waals surface area contributed by atoms with Crippen LogP contribution in [0, 0.1) is 15.9 Å². The van der Waals surface area contributed by atoms with E-state index in [9.17, 15) is 19.3 Å². The van der Waals surface area contributed by atoms with Gasteiger partial charge in [-0.1, -0.05) is 0 Å². The van der Waals surface area contributed by atoms with Crippen LogP contribution in [0.4, 0.5) is 15.8 Å². The maximum absolute atomic E-state index is 13.4. The number of benzene rings is 1. The maximum Gasteiger partial charge on any atom is 0.354 e. The smallest absolute Gasteiger partial charge is 0.354 e. The third kappa shape index (κ3) is 3.35. The number of ether oxygens (including phenoxy) is 1. The van der Waals surface area contributed by atoms with Gasteiger partial charge in [0.05, 0.1) is 18.6 Å². The summed E-state index contributed by atoms with van der Waals surface area (Å²) in [6, 6.07) is 6.79. The van der Waals surface area contributed by atoms with Gasteiger partial charge >= 0.3 is 11.7 Å². The van der Waals surface area contributed by atoms with E-state index >= 15 is 0 Å². The third-order valence-electron chi connectivity index (χ3n) is 2.78. The molecule has 0 unspecified atom stereocenters. The van der Waals surface area contributed by atoms with E-state index in [4.69, 9.17) is 0 Å². The lowest BCUT2D eigenvalue weighted by atomic mass is 10.2. The highest BCUT2D eigenvalue weighted by atomic mass is 19.1. The first-order chi connectivity index (χ1) is 10.0. The monoisotopic (exact) mass is 293 g/mol. The summed E-state index contributed by atoms with van der Waals surface area (Å²) in [7, 11) is 1.28. The number of carbonyl (C=O) groups excluding carboxylic acids is 1. The van der Waals surface area contributed by atoms with Gasteiger partial charge in [-0.3, -0.25) is 10.1 Å². The van der Waals surface area contributed by atoms with E-state index in [-0.39, 0.29) is 0 Å². The number of nitrogens with zero attached hydrogens (tertiary/aromatic N) is 1. The summed E-state index contributed by atoms with van der Waals surface area (Å²) in [6.45, 7) is 0.300. The van der Waals surface area contributed by atoms with Gasteiger partial charge in [-0.25, -0.2) is 4.79 Å². The first-order valence-corrected chi connectivity index (χ1v) is 5.95. The molecular weight excluding hydrogens is 281 g/mol. The normalized spacial score (nSPS) is 10.2. The van der Waals surface area contributed by atoms with Crippen molar-refractivity contribution in [1.29, 1.82) is 0 Å². The fraction of sp³-hybridized carbons (Fsp3) is 0.154. The second kappa shape index (κ2) is 6.04. The van der Waals surface area contributed by atoms with Gasteiger partial charge < -0.3 is 15.0 Å². The summed E-state index contributed by atoms with van der Waals surface area (Å²) in [5, 5.41) is 13.4. The van der Waals surface area contributed by atoms with E-state index in [1.165, 1.54) is 13.2 Å². The lowest BCUT2D eigenvalue weighted by Gasteiger charge is -2.05. The molecule has 0 aliphatic carbocycles. The Bertz CT molecular complexity index is 684. The Morgan fingerprint density at radius 1 is 1.43 bits per heavy atom. The van der Waals surface area contributed by atoms with E-state index in [1.807, 2.05) is 0 Å². The molecule has 21 heavy (non-hydrogen) atoms. The first kappa shape index (κ1) is 14.5. The van der Waals surface area contributed by atoms with Crippen LogP contribution in [0.5, 0.6) is 0 Å². The summed E-state index contributed by atoms with van der Waals surface area (Å²) < 4.78 is 18.0. The van der Waals surface area contributed by atoms with Crippen LogP contribution in [0.2, 0.25) is 0 Å². The minimum absolute atomic E-state index is 0.300. The molecule has 0 radical (unpaired) electrons. The molecule has 0 amide bonds. The largest absolute Gasteiger partial charge is 0.464 e. The summed E-state index contributed by atoms with van der Waals surface area (Å²) in [5.41, 5.74) is 0.819. The van der Waals surface area contributed by atoms with Crippen LogP contribution in [-0.2, 0) is 11.3 Å². The van der Waals surface area contributed by atoms with Crippen LogP contribution >= 0.6 is 0 Å². The number of aromatic amines is 1. The fourth-order valence-electron chi connectivity index (χ4n) is 1.73. The number of halogens is 1. The second-order valence-electron chi connectivity index (χ2n) is 4.17. The molecule has 110 valence electrons. The van der Waals surface area contributed by atoms with Crippen molar-refractivity contribution in [2.75, 3.05) is 12.4 Å². The Morgan fingerprint density at radius 2 is 2.19 bits per heavy atom. The van der Waals surface area contributed by atoms with Gasteiger partial charge in [-0.2, -0.15) is 4.39 Å². The van der Waals surface area contributed by atoms with Gasteiger partial charge in [-0.15, -0.1) is 0 Å². The van der Waals surface area contributed by atoms with Gasteiger partial charge in [0.1, 0.15) is 5.69 Å². The fourth-order valence-corrected chi connectivity index (χ4v) is 1.73. The third-order valence-corrected chi connectivity index (χ3v) is 2.78. The van der Waals surface area contributed by atoms with Crippen molar-refractivity contribution in [2.24, 2.45) is 0 Å². The van der Waals surface area contributed by atoms with Crippen LogP contribution in [-0.4, -0.2) is 23.0 Å². The molecule has 2 aromatic rings.